The summed E-state index contributed by atoms with van der Waals surface area (Å²) in [5, 5.41) is 0. The van der Waals surface area contributed by atoms with Crippen LogP contribution >= 0.6 is 0 Å². The van der Waals surface area contributed by atoms with Gasteiger partial charge in [0.2, 0.25) is 5.91 Å². The van der Waals surface area contributed by atoms with Crippen molar-refractivity contribution in [2.45, 2.75) is 13.0 Å². The van der Waals surface area contributed by atoms with Crippen molar-refractivity contribution in [3.8, 4) is 0 Å². The molecule has 0 aromatic heterocycles. The van der Waals surface area contributed by atoms with Gasteiger partial charge in [-0.2, -0.15) is 8.78 Å². The third-order valence-corrected chi connectivity index (χ3v) is 1.04. The molecule has 60 valence electrons. The van der Waals surface area contributed by atoms with Crippen LogP contribution in [0.5, 0.6) is 0 Å². The van der Waals surface area contributed by atoms with Crippen LogP contribution in [0.15, 0.2) is 16.8 Å². The molecule has 11 heavy (non-hydrogen) atoms. The highest BCUT2D eigenvalue weighted by atomic mass is 19.3. The molecule has 0 N–H and O–H groups in total. The molecule has 1 aliphatic heterocycles. The fourth-order valence-corrected chi connectivity index (χ4v) is 0.610. The van der Waals surface area contributed by atoms with Gasteiger partial charge >= 0.3 is 6.61 Å². The lowest BCUT2D eigenvalue weighted by atomic mass is 10.3. The second-order valence-electron chi connectivity index (χ2n) is 1.84. The van der Waals surface area contributed by atoms with Crippen LogP contribution in [-0.4, -0.2) is 18.7 Å². The summed E-state index contributed by atoms with van der Waals surface area (Å²) in [5.41, 5.74) is 0. The number of ether oxygens (including phenoxy) is 1. The van der Waals surface area contributed by atoms with Gasteiger partial charge in [0.1, 0.15) is 5.76 Å². The van der Waals surface area contributed by atoms with E-state index in [1.807, 2.05) is 0 Å². The highest BCUT2D eigenvalue weighted by Crippen LogP contribution is 2.08. The molecule has 0 aliphatic carbocycles. The molecule has 0 spiro atoms. The number of carbonyl (C=O) groups excluding carboxylic acids is 1. The first kappa shape index (κ1) is 7.84. The van der Waals surface area contributed by atoms with E-state index in [1.165, 1.54) is 6.08 Å². The van der Waals surface area contributed by atoms with Crippen LogP contribution in [0.4, 0.5) is 8.78 Å². The lowest BCUT2D eigenvalue weighted by Crippen LogP contribution is -2.06. The normalized spacial score (nSPS) is 17.0. The summed E-state index contributed by atoms with van der Waals surface area (Å²) < 4.78 is 27.0. The lowest BCUT2D eigenvalue weighted by Gasteiger charge is -2.06. The van der Waals surface area contributed by atoms with Crippen LogP contribution in [-0.2, 0) is 9.53 Å². The van der Waals surface area contributed by atoms with Crippen molar-refractivity contribution in [1.29, 1.82) is 0 Å². The molecule has 0 atom stereocenters. The fraction of sp³-hybridized carbons (Fsp3) is 0.333. The second kappa shape index (κ2) is 3.23. The van der Waals surface area contributed by atoms with Gasteiger partial charge < -0.3 is 4.74 Å². The number of allylic oxidation sites excluding steroid dienone is 1. The van der Waals surface area contributed by atoms with Gasteiger partial charge in [0.15, 0.2) is 0 Å². The summed E-state index contributed by atoms with van der Waals surface area (Å²) in [7, 11) is 0. The number of halogens is 2. The van der Waals surface area contributed by atoms with Gasteiger partial charge in [0.25, 0.3) is 0 Å². The van der Waals surface area contributed by atoms with E-state index in [1.54, 1.807) is 0 Å². The molecule has 0 aromatic rings. The van der Waals surface area contributed by atoms with Gasteiger partial charge in [0.05, 0.1) is 12.6 Å². The Morgan fingerprint density at radius 2 is 2.36 bits per heavy atom. The van der Waals surface area contributed by atoms with Gasteiger partial charge in [-0.15, -0.1) is 0 Å². The Labute approximate surface area is 61.4 Å². The van der Waals surface area contributed by atoms with Crippen LogP contribution in [0.3, 0.4) is 0 Å². The monoisotopic (exact) mass is 161 g/mol. The van der Waals surface area contributed by atoms with Crippen molar-refractivity contribution in [3.05, 3.63) is 11.8 Å². The number of aliphatic imine (C=N–C) groups is 1. The van der Waals surface area contributed by atoms with Gasteiger partial charge in [0, 0.05) is 0 Å². The molecule has 1 rings (SSSR count). The number of amides is 1. The molecule has 1 amide bonds. The topological polar surface area (TPSA) is 38.7 Å². The van der Waals surface area contributed by atoms with Crippen LogP contribution < -0.4 is 0 Å². The highest BCUT2D eigenvalue weighted by Gasteiger charge is 2.09. The zero-order chi connectivity index (χ0) is 8.27. The van der Waals surface area contributed by atoms with Crippen molar-refractivity contribution >= 4 is 12.1 Å². The zero-order valence-electron chi connectivity index (χ0n) is 5.46. The summed E-state index contributed by atoms with van der Waals surface area (Å²) in [6, 6.07) is 0. The smallest absolute Gasteiger partial charge is 0.387 e. The maximum absolute atomic E-state index is 11.5. The summed E-state index contributed by atoms with van der Waals surface area (Å²) in [4.78, 5) is 13.7. The van der Waals surface area contributed by atoms with Gasteiger partial charge in [-0.25, -0.2) is 4.99 Å². The largest absolute Gasteiger partial charge is 0.434 e. The minimum atomic E-state index is -2.86. The van der Waals surface area contributed by atoms with Crippen molar-refractivity contribution in [2.24, 2.45) is 4.99 Å². The maximum Gasteiger partial charge on any atom is 0.387 e. The standard InChI is InChI=1S/C6H5F2NO2/c7-6(8)11-4-1-2-5(10)9-3-4/h1,3,6H,2H2. The molecular weight excluding hydrogens is 156 g/mol. The van der Waals surface area contributed by atoms with Crippen molar-refractivity contribution < 1.29 is 18.3 Å². The lowest BCUT2D eigenvalue weighted by molar-refractivity contribution is -0.117. The molecule has 5 heteroatoms. The van der Waals surface area contributed by atoms with E-state index in [-0.39, 0.29) is 18.1 Å². The predicted molar refractivity (Wildman–Crippen MR) is 33.3 cm³/mol. The van der Waals surface area contributed by atoms with E-state index in [0.29, 0.717) is 0 Å². The second-order valence-corrected chi connectivity index (χ2v) is 1.84. The first-order chi connectivity index (χ1) is 5.18. The molecule has 0 saturated carbocycles. The number of hydrogen-bond acceptors (Lipinski definition) is 2. The average molecular weight is 161 g/mol. The Balaban J connectivity index is 2.50. The Kier molecular flexibility index (Phi) is 2.30. The Bertz CT molecular complexity index is 223. The SMILES string of the molecule is O=C1CC=C(OC(F)F)C=N1. The minimum Gasteiger partial charge on any atom is -0.434 e. The first-order valence-electron chi connectivity index (χ1n) is 2.90. The molecule has 0 radical (unpaired) electrons. The predicted octanol–water partition coefficient (Wildman–Crippen LogP) is 1.11. The highest BCUT2D eigenvalue weighted by molar-refractivity contribution is 5.94. The number of carbonyl (C=O) groups is 1. The molecule has 0 saturated heterocycles. The van der Waals surface area contributed by atoms with Crippen LogP contribution in [0.1, 0.15) is 6.42 Å². The Hall–Kier alpha value is -1.26. The molecule has 1 heterocycles. The van der Waals surface area contributed by atoms with Gasteiger partial charge in [-0.05, 0) is 6.08 Å². The maximum atomic E-state index is 11.5. The van der Waals surface area contributed by atoms with Crippen LogP contribution in [0.25, 0.3) is 0 Å². The molecule has 0 fully saturated rings. The number of rotatable bonds is 2. The van der Waals surface area contributed by atoms with E-state index >= 15 is 0 Å². The molecule has 0 unspecified atom stereocenters. The summed E-state index contributed by atoms with van der Waals surface area (Å²) >= 11 is 0. The van der Waals surface area contributed by atoms with Crippen molar-refractivity contribution in [3.63, 3.8) is 0 Å². The third-order valence-electron chi connectivity index (χ3n) is 1.04. The van der Waals surface area contributed by atoms with Gasteiger partial charge in [-0.3, -0.25) is 4.79 Å². The Morgan fingerprint density at radius 3 is 2.82 bits per heavy atom. The summed E-state index contributed by atoms with van der Waals surface area (Å²) in [6.45, 7) is -2.86. The van der Waals surface area contributed by atoms with E-state index < -0.39 is 6.61 Å². The van der Waals surface area contributed by atoms with Crippen molar-refractivity contribution in [2.75, 3.05) is 0 Å². The third kappa shape index (κ3) is 2.45. The van der Waals surface area contributed by atoms with Crippen LogP contribution in [0, 0.1) is 0 Å². The van der Waals surface area contributed by atoms with Gasteiger partial charge in [-0.1, -0.05) is 0 Å². The molecule has 3 nitrogen and oxygen atoms in total. The first-order valence-corrected chi connectivity index (χ1v) is 2.90. The van der Waals surface area contributed by atoms with E-state index in [0.717, 1.165) is 6.21 Å². The van der Waals surface area contributed by atoms with E-state index in [9.17, 15) is 13.6 Å². The molecule has 0 aromatic carbocycles. The fourth-order valence-electron chi connectivity index (χ4n) is 0.610. The van der Waals surface area contributed by atoms with Crippen LogP contribution in [0.2, 0.25) is 0 Å². The van der Waals surface area contributed by atoms with E-state index in [2.05, 4.69) is 9.73 Å². The van der Waals surface area contributed by atoms with Crippen molar-refractivity contribution in [1.82, 2.24) is 0 Å². The number of alkyl halides is 2. The minimum absolute atomic E-state index is 0.0263. The molecule has 0 bridgehead atoms. The number of dihydropyridines is 1. The zero-order valence-corrected chi connectivity index (χ0v) is 5.46. The average Bonchev–Trinajstić information content (AvgIpc) is 1.93. The molecular formula is C6H5F2NO2. The number of nitrogens with zero attached hydrogens (tertiary/aromatic N) is 1. The quantitative estimate of drug-likeness (QED) is 0.608. The Morgan fingerprint density at radius 1 is 1.64 bits per heavy atom. The molecule has 1 aliphatic rings. The van der Waals surface area contributed by atoms with E-state index in [4.69, 9.17) is 0 Å². The number of hydrogen-bond donors (Lipinski definition) is 0. The summed E-state index contributed by atoms with van der Waals surface area (Å²) in [5.74, 6) is -0.411. The summed E-state index contributed by atoms with van der Waals surface area (Å²) in [6.07, 6.45) is 2.28.